The van der Waals surface area contributed by atoms with Crippen molar-refractivity contribution in [2.75, 3.05) is 0 Å². The van der Waals surface area contributed by atoms with Crippen molar-refractivity contribution in [2.45, 2.75) is 32.2 Å². The molecule has 1 aliphatic rings. The van der Waals surface area contributed by atoms with Crippen molar-refractivity contribution in [1.29, 1.82) is 0 Å². The number of nitrogens with one attached hydrogen (secondary N) is 1. The number of hydrogen-bond donors (Lipinski definition) is 2. The number of carbonyl (C=O) groups is 2. The van der Waals surface area contributed by atoms with Crippen LogP contribution in [0.1, 0.15) is 37.8 Å². The summed E-state index contributed by atoms with van der Waals surface area (Å²) in [5, 5.41) is 2.96. The molecule has 2 amide bonds. The summed E-state index contributed by atoms with van der Waals surface area (Å²) in [6.07, 6.45) is 1.65. The summed E-state index contributed by atoms with van der Waals surface area (Å²) in [4.78, 5) is 23.4. The van der Waals surface area contributed by atoms with Gasteiger partial charge in [-0.2, -0.15) is 0 Å². The SMILES string of the molecule is CC(NC(=O)[C@H]1CC[C@@H](C(N)=O)C1)c1cc(Cl)cc(Cl)c1F. The van der Waals surface area contributed by atoms with E-state index in [0.717, 1.165) is 0 Å². The average Bonchev–Trinajstić information content (AvgIpc) is 2.92. The lowest BCUT2D eigenvalue weighted by Crippen LogP contribution is -2.32. The molecule has 120 valence electrons. The van der Waals surface area contributed by atoms with E-state index in [1.807, 2.05) is 0 Å². The van der Waals surface area contributed by atoms with E-state index in [-0.39, 0.29) is 34.2 Å². The monoisotopic (exact) mass is 346 g/mol. The Bertz CT molecular complexity index is 609. The number of halogens is 3. The number of amides is 2. The van der Waals surface area contributed by atoms with Crippen molar-refractivity contribution < 1.29 is 14.0 Å². The van der Waals surface area contributed by atoms with Crippen LogP contribution in [0.5, 0.6) is 0 Å². The first-order chi connectivity index (χ1) is 10.3. The third-order valence-corrected chi connectivity index (χ3v) is 4.55. The smallest absolute Gasteiger partial charge is 0.223 e. The van der Waals surface area contributed by atoms with E-state index in [1.54, 1.807) is 6.92 Å². The van der Waals surface area contributed by atoms with Crippen LogP contribution in [0.25, 0.3) is 0 Å². The number of carbonyl (C=O) groups excluding carboxylic acids is 2. The van der Waals surface area contributed by atoms with Gasteiger partial charge in [-0.25, -0.2) is 4.39 Å². The fraction of sp³-hybridized carbons (Fsp3) is 0.467. The van der Waals surface area contributed by atoms with Crippen LogP contribution in [-0.2, 0) is 9.59 Å². The van der Waals surface area contributed by atoms with Crippen LogP contribution in [0.4, 0.5) is 4.39 Å². The molecule has 7 heteroatoms. The standard InChI is InChI=1S/C15H17Cl2FN2O2/c1-7(11-5-10(16)6-12(17)13(11)18)20-15(22)9-3-2-8(4-9)14(19)21/h5-9H,2-4H2,1H3,(H2,19,21)(H,20,22)/t7?,8-,9+/m1/s1. The average molecular weight is 347 g/mol. The molecule has 1 fully saturated rings. The number of rotatable bonds is 4. The van der Waals surface area contributed by atoms with E-state index in [4.69, 9.17) is 28.9 Å². The summed E-state index contributed by atoms with van der Waals surface area (Å²) in [6, 6.07) is 2.18. The molecule has 0 saturated heterocycles. The first-order valence-corrected chi connectivity index (χ1v) is 7.79. The zero-order valence-electron chi connectivity index (χ0n) is 12.0. The molecule has 0 radical (unpaired) electrons. The van der Waals surface area contributed by atoms with Crippen LogP contribution >= 0.6 is 23.2 Å². The molecule has 3 N–H and O–H groups in total. The highest BCUT2D eigenvalue weighted by Crippen LogP contribution is 2.32. The van der Waals surface area contributed by atoms with E-state index in [0.29, 0.717) is 24.3 Å². The van der Waals surface area contributed by atoms with Crippen LogP contribution in [0, 0.1) is 17.7 Å². The van der Waals surface area contributed by atoms with E-state index in [9.17, 15) is 14.0 Å². The van der Waals surface area contributed by atoms with Crippen LogP contribution in [0.15, 0.2) is 12.1 Å². The van der Waals surface area contributed by atoms with Gasteiger partial charge in [-0.15, -0.1) is 0 Å². The molecule has 0 heterocycles. The van der Waals surface area contributed by atoms with Crippen molar-refractivity contribution in [1.82, 2.24) is 5.32 Å². The van der Waals surface area contributed by atoms with Gasteiger partial charge in [-0.05, 0) is 38.3 Å². The quantitative estimate of drug-likeness (QED) is 0.821. The van der Waals surface area contributed by atoms with Crippen molar-refractivity contribution in [3.05, 3.63) is 33.6 Å². The van der Waals surface area contributed by atoms with E-state index in [2.05, 4.69) is 5.32 Å². The van der Waals surface area contributed by atoms with Gasteiger partial charge >= 0.3 is 0 Å². The maximum Gasteiger partial charge on any atom is 0.223 e. The summed E-state index contributed by atoms with van der Waals surface area (Å²) in [7, 11) is 0. The topological polar surface area (TPSA) is 72.2 Å². The second-order valence-corrected chi connectivity index (χ2v) is 6.47. The molecule has 1 saturated carbocycles. The van der Waals surface area contributed by atoms with Crippen molar-refractivity contribution >= 4 is 35.0 Å². The van der Waals surface area contributed by atoms with Crippen LogP contribution in [0.3, 0.4) is 0 Å². The van der Waals surface area contributed by atoms with Gasteiger partial charge in [0.2, 0.25) is 11.8 Å². The summed E-state index contributed by atoms with van der Waals surface area (Å²) < 4.78 is 14.0. The Morgan fingerprint density at radius 1 is 1.32 bits per heavy atom. The highest BCUT2D eigenvalue weighted by atomic mass is 35.5. The second-order valence-electron chi connectivity index (χ2n) is 5.63. The molecule has 0 bridgehead atoms. The zero-order valence-corrected chi connectivity index (χ0v) is 13.5. The molecule has 22 heavy (non-hydrogen) atoms. The molecule has 0 aliphatic heterocycles. The molecule has 0 spiro atoms. The van der Waals surface area contributed by atoms with Crippen molar-refractivity contribution in [3.63, 3.8) is 0 Å². The normalized spacial score (nSPS) is 22.4. The van der Waals surface area contributed by atoms with Gasteiger partial charge in [-0.1, -0.05) is 23.2 Å². The van der Waals surface area contributed by atoms with Gasteiger partial charge in [0, 0.05) is 22.4 Å². The second kappa shape index (κ2) is 6.84. The van der Waals surface area contributed by atoms with Crippen LogP contribution in [0.2, 0.25) is 10.0 Å². The van der Waals surface area contributed by atoms with Gasteiger partial charge in [0.25, 0.3) is 0 Å². The maximum absolute atomic E-state index is 14.0. The van der Waals surface area contributed by atoms with E-state index >= 15 is 0 Å². The minimum absolute atomic E-state index is 0.0849. The van der Waals surface area contributed by atoms with Gasteiger partial charge in [0.05, 0.1) is 11.1 Å². The van der Waals surface area contributed by atoms with Gasteiger partial charge in [-0.3, -0.25) is 9.59 Å². The largest absolute Gasteiger partial charge is 0.369 e. The fourth-order valence-electron chi connectivity index (χ4n) is 2.78. The highest BCUT2D eigenvalue weighted by Gasteiger charge is 2.33. The zero-order chi connectivity index (χ0) is 16.4. The van der Waals surface area contributed by atoms with E-state index < -0.39 is 11.9 Å². The minimum atomic E-state index is -0.597. The lowest BCUT2D eigenvalue weighted by atomic mass is 10.0. The Hall–Kier alpha value is -1.33. The third kappa shape index (κ3) is 3.70. The maximum atomic E-state index is 14.0. The lowest BCUT2D eigenvalue weighted by Gasteiger charge is -2.18. The van der Waals surface area contributed by atoms with Crippen molar-refractivity contribution in [3.8, 4) is 0 Å². The molecule has 1 aromatic rings. The molecule has 1 aliphatic carbocycles. The molecule has 1 aromatic carbocycles. The van der Waals surface area contributed by atoms with E-state index in [1.165, 1.54) is 12.1 Å². The molecule has 3 atom stereocenters. The molecule has 0 aromatic heterocycles. The number of hydrogen-bond acceptors (Lipinski definition) is 2. The molecular weight excluding hydrogens is 330 g/mol. The summed E-state index contributed by atoms with van der Waals surface area (Å²) in [6.45, 7) is 1.66. The molecule has 1 unspecified atom stereocenters. The van der Waals surface area contributed by atoms with Crippen molar-refractivity contribution in [2.24, 2.45) is 17.6 Å². The Morgan fingerprint density at radius 3 is 2.55 bits per heavy atom. The summed E-state index contributed by atoms with van der Waals surface area (Å²) in [5.74, 6) is -1.73. The third-order valence-electron chi connectivity index (χ3n) is 4.05. The molecule has 2 rings (SSSR count). The fourth-order valence-corrected chi connectivity index (χ4v) is 3.29. The van der Waals surface area contributed by atoms with Crippen LogP contribution in [-0.4, -0.2) is 11.8 Å². The first-order valence-electron chi connectivity index (χ1n) is 7.03. The Labute approximate surface area is 138 Å². The molecular formula is C15H17Cl2FN2O2. The first kappa shape index (κ1) is 17.0. The Balaban J connectivity index is 2.05. The minimum Gasteiger partial charge on any atom is -0.369 e. The van der Waals surface area contributed by atoms with Gasteiger partial charge in [0.1, 0.15) is 5.82 Å². The Kier molecular flexibility index (Phi) is 5.29. The van der Waals surface area contributed by atoms with Gasteiger partial charge < -0.3 is 11.1 Å². The molecule has 4 nitrogen and oxygen atoms in total. The predicted octanol–water partition coefficient (Wildman–Crippen LogP) is 3.21. The number of nitrogens with two attached hydrogens (primary N) is 1. The number of primary amides is 1. The van der Waals surface area contributed by atoms with Gasteiger partial charge in [0.15, 0.2) is 0 Å². The summed E-state index contributed by atoms with van der Waals surface area (Å²) >= 11 is 11.6. The highest BCUT2D eigenvalue weighted by molar-refractivity contribution is 6.34. The Morgan fingerprint density at radius 2 is 1.95 bits per heavy atom. The predicted molar refractivity (Wildman–Crippen MR) is 83.0 cm³/mol. The summed E-state index contributed by atoms with van der Waals surface area (Å²) in [5.41, 5.74) is 5.49. The lowest BCUT2D eigenvalue weighted by molar-refractivity contribution is -0.125. The van der Waals surface area contributed by atoms with Crippen LogP contribution < -0.4 is 11.1 Å². The number of benzene rings is 1.